The predicted octanol–water partition coefficient (Wildman–Crippen LogP) is 2.00. The van der Waals surface area contributed by atoms with Gasteiger partial charge < -0.3 is 10.5 Å². The van der Waals surface area contributed by atoms with Gasteiger partial charge in [-0.3, -0.25) is 0 Å². The summed E-state index contributed by atoms with van der Waals surface area (Å²) in [7, 11) is -3.05. The maximum Gasteiger partial charge on any atom is 0.150 e. The molecule has 4 nitrogen and oxygen atoms in total. The van der Waals surface area contributed by atoms with Crippen LogP contribution in [0.5, 0.6) is 5.75 Å². The van der Waals surface area contributed by atoms with E-state index in [1.807, 2.05) is 0 Å². The zero-order valence-electron chi connectivity index (χ0n) is 8.54. The largest absolute Gasteiger partial charge is 0.490 e. The van der Waals surface area contributed by atoms with Gasteiger partial charge in [0, 0.05) is 12.3 Å². The van der Waals surface area contributed by atoms with Gasteiger partial charge in [-0.05, 0) is 6.07 Å². The molecule has 0 unspecified atom stereocenters. The van der Waals surface area contributed by atoms with Crippen LogP contribution in [0.15, 0.2) is 12.1 Å². The second-order valence-corrected chi connectivity index (χ2v) is 6.36. The van der Waals surface area contributed by atoms with E-state index in [9.17, 15) is 8.42 Å². The average molecular weight is 284 g/mol. The summed E-state index contributed by atoms with van der Waals surface area (Å²) in [6.07, 6.45) is 1.13. The monoisotopic (exact) mass is 283 g/mol. The summed E-state index contributed by atoms with van der Waals surface area (Å²) < 4.78 is 26.9. The summed E-state index contributed by atoms with van der Waals surface area (Å²) in [5.74, 6) is 0.255. The molecule has 0 bridgehead atoms. The first kappa shape index (κ1) is 13.4. The van der Waals surface area contributed by atoms with Gasteiger partial charge in [0.25, 0.3) is 0 Å². The average Bonchev–Trinajstić information content (AvgIpc) is 2.11. The Labute approximate surface area is 104 Å². The van der Waals surface area contributed by atoms with Crippen molar-refractivity contribution in [3.63, 3.8) is 0 Å². The number of ether oxygens (including phenoxy) is 1. The van der Waals surface area contributed by atoms with E-state index in [4.69, 9.17) is 33.7 Å². The molecule has 0 aliphatic rings. The SMILES string of the molecule is CS(=O)(=O)CCOc1cc(Cl)c(Cl)cc1N. The topological polar surface area (TPSA) is 69.4 Å². The van der Waals surface area contributed by atoms with E-state index in [2.05, 4.69) is 0 Å². The Hall–Kier alpha value is -0.650. The normalized spacial score (nSPS) is 11.4. The fourth-order valence-electron chi connectivity index (χ4n) is 0.972. The van der Waals surface area contributed by atoms with Crippen LogP contribution in [0.1, 0.15) is 0 Å². The number of hydrogen-bond acceptors (Lipinski definition) is 4. The van der Waals surface area contributed by atoms with Crippen molar-refractivity contribution < 1.29 is 13.2 Å². The number of halogens is 2. The minimum atomic E-state index is -3.05. The van der Waals surface area contributed by atoms with E-state index in [0.29, 0.717) is 21.5 Å². The van der Waals surface area contributed by atoms with Crippen LogP contribution in [0, 0.1) is 0 Å². The standard InChI is InChI=1S/C9H11Cl2NO3S/c1-16(13,14)3-2-15-9-5-7(11)6(10)4-8(9)12/h4-5H,2-3,12H2,1H3. The molecule has 0 heterocycles. The van der Waals surface area contributed by atoms with Gasteiger partial charge in [-0.25, -0.2) is 8.42 Å². The van der Waals surface area contributed by atoms with Crippen molar-refractivity contribution in [3.05, 3.63) is 22.2 Å². The first-order valence-corrected chi connectivity index (χ1v) is 7.16. The van der Waals surface area contributed by atoms with Crippen LogP contribution < -0.4 is 10.5 Å². The lowest BCUT2D eigenvalue weighted by molar-refractivity contribution is 0.343. The highest BCUT2D eigenvalue weighted by molar-refractivity contribution is 7.90. The summed E-state index contributed by atoms with van der Waals surface area (Å²) in [4.78, 5) is 0. The van der Waals surface area contributed by atoms with Gasteiger partial charge in [0.1, 0.15) is 12.4 Å². The first-order valence-electron chi connectivity index (χ1n) is 4.34. The quantitative estimate of drug-likeness (QED) is 0.858. The third-order valence-corrected chi connectivity index (χ3v) is 3.39. The fourth-order valence-corrected chi connectivity index (χ4v) is 1.68. The molecule has 16 heavy (non-hydrogen) atoms. The van der Waals surface area contributed by atoms with Crippen molar-refractivity contribution >= 4 is 38.7 Å². The Morgan fingerprint density at radius 2 is 1.88 bits per heavy atom. The van der Waals surface area contributed by atoms with E-state index >= 15 is 0 Å². The van der Waals surface area contributed by atoms with Crippen LogP contribution in [0.25, 0.3) is 0 Å². The molecule has 1 aromatic rings. The smallest absolute Gasteiger partial charge is 0.150 e. The van der Waals surface area contributed by atoms with Crippen molar-refractivity contribution in [2.75, 3.05) is 24.3 Å². The minimum Gasteiger partial charge on any atom is -0.490 e. The molecule has 0 spiro atoms. The van der Waals surface area contributed by atoms with Crippen LogP contribution in [-0.2, 0) is 9.84 Å². The Balaban J connectivity index is 2.71. The molecule has 0 fully saturated rings. The molecule has 1 rings (SSSR count). The second-order valence-electron chi connectivity index (χ2n) is 3.28. The lowest BCUT2D eigenvalue weighted by Gasteiger charge is -2.09. The van der Waals surface area contributed by atoms with Gasteiger partial charge in [-0.1, -0.05) is 23.2 Å². The van der Waals surface area contributed by atoms with Crippen molar-refractivity contribution in [2.24, 2.45) is 0 Å². The van der Waals surface area contributed by atoms with E-state index < -0.39 is 9.84 Å². The second kappa shape index (κ2) is 5.12. The molecular formula is C9H11Cl2NO3S. The molecule has 0 radical (unpaired) electrons. The summed E-state index contributed by atoms with van der Waals surface area (Å²) in [6.45, 7) is 0.0288. The third-order valence-electron chi connectivity index (χ3n) is 1.76. The zero-order valence-corrected chi connectivity index (χ0v) is 10.9. The third kappa shape index (κ3) is 4.08. The molecule has 0 atom stereocenters. The molecule has 90 valence electrons. The Kier molecular flexibility index (Phi) is 4.29. The van der Waals surface area contributed by atoms with E-state index in [0.717, 1.165) is 6.26 Å². The lowest BCUT2D eigenvalue weighted by atomic mass is 10.3. The van der Waals surface area contributed by atoms with Gasteiger partial charge in [-0.2, -0.15) is 0 Å². The highest BCUT2D eigenvalue weighted by Gasteiger charge is 2.08. The number of anilines is 1. The number of sulfone groups is 1. The number of rotatable bonds is 4. The van der Waals surface area contributed by atoms with Crippen molar-refractivity contribution in [2.45, 2.75) is 0 Å². The molecule has 0 amide bonds. The van der Waals surface area contributed by atoms with E-state index in [1.165, 1.54) is 12.1 Å². The Morgan fingerprint density at radius 1 is 1.31 bits per heavy atom. The van der Waals surface area contributed by atoms with Crippen LogP contribution in [0.3, 0.4) is 0 Å². The number of hydrogen-bond donors (Lipinski definition) is 1. The summed E-state index contributed by atoms with van der Waals surface area (Å²) in [5, 5.41) is 0.639. The number of nitrogens with two attached hydrogens (primary N) is 1. The maximum absolute atomic E-state index is 10.9. The molecule has 7 heteroatoms. The maximum atomic E-state index is 10.9. The molecular weight excluding hydrogens is 273 g/mol. The number of nitrogen functional groups attached to an aromatic ring is 1. The van der Waals surface area contributed by atoms with Crippen molar-refractivity contribution in [3.8, 4) is 5.75 Å². The summed E-state index contributed by atoms with van der Waals surface area (Å²) in [5.41, 5.74) is 5.94. The van der Waals surface area contributed by atoms with Crippen molar-refractivity contribution in [1.29, 1.82) is 0 Å². The highest BCUT2D eigenvalue weighted by Crippen LogP contribution is 2.32. The fraction of sp³-hybridized carbons (Fsp3) is 0.333. The van der Waals surface area contributed by atoms with Crippen LogP contribution in [0.4, 0.5) is 5.69 Å². The van der Waals surface area contributed by atoms with Gasteiger partial charge in [0.15, 0.2) is 9.84 Å². The Bertz CT molecular complexity index is 488. The van der Waals surface area contributed by atoms with Crippen molar-refractivity contribution in [1.82, 2.24) is 0 Å². The molecule has 0 aromatic heterocycles. The zero-order chi connectivity index (χ0) is 12.3. The van der Waals surface area contributed by atoms with Crippen LogP contribution in [-0.4, -0.2) is 27.0 Å². The summed E-state index contributed by atoms with van der Waals surface area (Å²) >= 11 is 11.5. The number of benzene rings is 1. The molecule has 0 aliphatic heterocycles. The van der Waals surface area contributed by atoms with Crippen LogP contribution in [0.2, 0.25) is 10.0 Å². The van der Waals surface area contributed by atoms with E-state index in [1.54, 1.807) is 0 Å². The first-order chi connectivity index (χ1) is 7.29. The predicted molar refractivity (Wildman–Crippen MR) is 66.1 cm³/mol. The molecule has 2 N–H and O–H groups in total. The van der Waals surface area contributed by atoms with Gasteiger partial charge in [0.05, 0.1) is 21.5 Å². The van der Waals surface area contributed by atoms with Gasteiger partial charge in [0.2, 0.25) is 0 Å². The van der Waals surface area contributed by atoms with Gasteiger partial charge >= 0.3 is 0 Å². The van der Waals surface area contributed by atoms with Crippen LogP contribution >= 0.6 is 23.2 Å². The Morgan fingerprint density at radius 3 is 2.44 bits per heavy atom. The van der Waals surface area contributed by atoms with E-state index in [-0.39, 0.29) is 12.4 Å². The molecule has 0 saturated heterocycles. The highest BCUT2D eigenvalue weighted by atomic mass is 35.5. The molecule has 0 aliphatic carbocycles. The summed E-state index contributed by atoms with van der Waals surface area (Å²) in [6, 6.07) is 2.92. The molecule has 0 saturated carbocycles. The lowest BCUT2D eigenvalue weighted by Crippen LogP contribution is -2.12. The molecule has 1 aromatic carbocycles. The van der Waals surface area contributed by atoms with Gasteiger partial charge in [-0.15, -0.1) is 0 Å². The minimum absolute atomic E-state index is 0.0288.